The lowest BCUT2D eigenvalue weighted by atomic mass is 9.80. The maximum Gasteiger partial charge on any atom is 0.325 e. The summed E-state index contributed by atoms with van der Waals surface area (Å²) in [5, 5.41) is 14.9. The van der Waals surface area contributed by atoms with Gasteiger partial charge in [0.05, 0.1) is 6.54 Å². The van der Waals surface area contributed by atoms with Crippen LogP contribution in [0.15, 0.2) is 0 Å². The highest BCUT2D eigenvalue weighted by atomic mass is 16.2. The molecule has 2 atom stereocenters. The van der Waals surface area contributed by atoms with Crippen molar-refractivity contribution in [3.63, 3.8) is 0 Å². The third kappa shape index (κ3) is 3.24. The van der Waals surface area contributed by atoms with Crippen molar-refractivity contribution in [2.75, 3.05) is 19.6 Å². The van der Waals surface area contributed by atoms with Crippen molar-refractivity contribution < 1.29 is 9.59 Å². The van der Waals surface area contributed by atoms with Gasteiger partial charge >= 0.3 is 6.03 Å². The Labute approximate surface area is 147 Å². The molecule has 3 rings (SSSR count). The van der Waals surface area contributed by atoms with Crippen molar-refractivity contribution in [1.82, 2.24) is 35.3 Å². The van der Waals surface area contributed by atoms with E-state index in [9.17, 15) is 9.59 Å². The fourth-order valence-corrected chi connectivity index (χ4v) is 3.87. The molecule has 1 aromatic rings. The molecule has 2 fully saturated rings. The molecule has 0 radical (unpaired) electrons. The van der Waals surface area contributed by atoms with E-state index in [0.29, 0.717) is 13.1 Å². The Hall–Kier alpha value is -2.03. The van der Waals surface area contributed by atoms with Crippen molar-refractivity contribution in [2.24, 2.45) is 5.92 Å². The number of nitrogens with one attached hydrogen (secondary N) is 1. The van der Waals surface area contributed by atoms with E-state index >= 15 is 0 Å². The second-order valence-corrected chi connectivity index (χ2v) is 7.07. The van der Waals surface area contributed by atoms with E-state index in [0.717, 1.165) is 44.7 Å². The van der Waals surface area contributed by atoms with Gasteiger partial charge in [0.1, 0.15) is 5.54 Å². The first-order valence-corrected chi connectivity index (χ1v) is 9.11. The molecule has 0 aliphatic carbocycles. The normalized spacial score (nSPS) is 27.8. The quantitative estimate of drug-likeness (QED) is 0.757. The monoisotopic (exact) mass is 349 g/mol. The summed E-state index contributed by atoms with van der Waals surface area (Å²) in [4.78, 5) is 28.4. The summed E-state index contributed by atoms with van der Waals surface area (Å²) < 4.78 is 1.84. The van der Waals surface area contributed by atoms with Crippen molar-refractivity contribution >= 4 is 11.9 Å². The number of piperidine rings is 1. The number of likely N-dealkylation sites (tertiary alicyclic amines) is 1. The van der Waals surface area contributed by atoms with Gasteiger partial charge in [-0.1, -0.05) is 6.92 Å². The zero-order valence-corrected chi connectivity index (χ0v) is 15.2. The van der Waals surface area contributed by atoms with E-state index in [1.54, 1.807) is 0 Å². The average Bonchev–Trinajstić information content (AvgIpc) is 3.11. The number of amides is 3. The summed E-state index contributed by atoms with van der Waals surface area (Å²) in [6, 6.07) is -0.279. The van der Waals surface area contributed by atoms with Crippen LogP contribution in [0.25, 0.3) is 0 Å². The standard InChI is InChI=1S/C16H27N7O2/c1-4-8-23-13(18-19-20-23)11-21-9-6-7-12(10-21)16(3)14(24)22(5-2)15(25)17-16/h12H,4-11H2,1-3H3,(H,17,25)/t12-,16+/m1/s1. The highest BCUT2D eigenvalue weighted by Crippen LogP contribution is 2.32. The number of carbonyl (C=O) groups is 2. The van der Waals surface area contributed by atoms with Crippen molar-refractivity contribution in [3.8, 4) is 0 Å². The van der Waals surface area contributed by atoms with Gasteiger partial charge in [-0.25, -0.2) is 9.48 Å². The summed E-state index contributed by atoms with van der Waals surface area (Å²) >= 11 is 0. The maximum atomic E-state index is 12.7. The van der Waals surface area contributed by atoms with E-state index in [4.69, 9.17) is 0 Å². The van der Waals surface area contributed by atoms with Gasteiger partial charge in [0.2, 0.25) is 0 Å². The highest BCUT2D eigenvalue weighted by molar-refractivity contribution is 6.07. The van der Waals surface area contributed by atoms with Gasteiger partial charge in [-0.05, 0) is 50.1 Å². The lowest BCUT2D eigenvalue weighted by Crippen LogP contribution is -2.55. The fraction of sp³-hybridized carbons (Fsp3) is 0.812. The van der Waals surface area contributed by atoms with E-state index in [1.807, 2.05) is 18.5 Å². The second-order valence-electron chi connectivity index (χ2n) is 7.07. The lowest BCUT2D eigenvalue weighted by Gasteiger charge is -2.39. The SMILES string of the molecule is CCCn1nnnc1CN1CCC[C@@H]([C@]2(C)NC(=O)N(CC)C2=O)C1. The van der Waals surface area contributed by atoms with Crippen LogP contribution in [0, 0.1) is 5.92 Å². The Morgan fingerprint density at radius 2 is 2.12 bits per heavy atom. The lowest BCUT2D eigenvalue weighted by molar-refractivity contribution is -0.133. The van der Waals surface area contributed by atoms with Gasteiger partial charge in [-0.15, -0.1) is 5.10 Å². The molecule has 3 amide bonds. The molecule has 138 valence electrons. The smallest absolute Gasteiger partial charge is 0.323 e. The minimum Gasteiger partial charge on any atom is -0.323 e. The fourth-order valence-electron chi connectivity index (χ4n) is 3.87. The van der Waals surface area contributed by atoms with Crippen molar-refractivity contribution in [1.29, 1.82) is 0 Å². The Balaban J connectivity index is 1.70. The molecule has 25 heavy (non-hydrogen) atoms. The number of hydrogen-bond acceptors (Lipinski definition) is 6. The summed E-state index contributed by atoms with van der Waals surface area (Å²) in [5.41, 5.74) is -0.818. The number of imide groups is 1. The molecule has 0 spiro atoms. The van der Waals surface area contributed by atoms with Gasteiger partial charge in [0.25, 0.3) is 5.91 Å². The third-order valence-electron chi connectivity index (χ3n) is 5.35. The van der Waals surface area contributed by atoms with Crippen LogP contribution in [0.2, 0.25) is 0 Å². The minimum atomic E-state index is -0.818. The first kappa shape index (κ1) is 17.8. The van der Waals surface area contributed by atoms with E-state index in [-0.39, 0.29) is 17.9 Å². The predicted octanol–water partition coefficient (Wildman–Crippen LogP) is 0.626. The Kier molecular flexibility index (Phi) is 5.03. The number of carbonyl (C=O) groups excluding carboxylic acids is 2. The van der Waals surface area contributed by atoms with Gasteiger partial charge in [0.15, 0.2) is 5.82 Å². The molecule has 2 aliphatic rings. The number of aryl methyl sites for hydroxylation is 1. The molecular weight excluding hydrogens is 322 g/mol. The topological polar surface area (TPSA) is 96.2 Å². The van der Waals surface area contributed by atoms with Crippen molar-refractivity contribution in [2.45, 2.75) is 58.7 Å². The molecule has 2 saturated heterocycles. The number of likely N-dealkylation sites (N-methyl/N-ethyl adjacent to an activating group) is 1. The minimum absolute atomic E-state index is 0.0877. The number of aromatic nitrogens is 4. The van der Waals surface area contributed by atoms with Crippen LogP contribution in [-0.4, -0.2) is 67.1 Å². The first-order chi connectivity index (χ1) is 12.0. The van der Waals surface area contributed by atoms with E-state index in [2.05, 4.69) is 32.7 Å². The second kappa shape index (κ2) is 7.07. The van der Waals surface area contributed by atoms with Gasteiger partial charge < -0.3 is 5.32 Å². The molecule has 9 nitrogen and oxygen atoms in total. The van der Waals surface area contributed by atoms with Crippen LogP contribution >= 0.6 is 0 Å². The Bertz CT molecular complexity index is 646. The number of rotatable bonds is 6. The molecule has 0 saturated carbocycles. The summed E-state index contributed by atoms with van der Waals surface area (Å²) in [5.74, 6) is 0.831. The molecular formula is C16H27N7O2. The zero-order valence-electron chi connectivity index (χ0n) is 15.2. The van der Waals surface area contributed by atoms with Gasteiger partial charge in [-0.2, -0.15) is 0 Å². The van der Waals surface area contributed by atoms with Gasteiger partial charge in [0, 0.05) is 25.6 Å². The third-order valence-corrected chi connectivity index (χ3v) is 5.35. The molecule has 0 bridgehead atoms. The van der Waals surface area contributed by atoms with Crippen LogP contribution in [-0.2, 0) is 17.9 Å². The van der Waals surface area contributed by atoms with E-state index in [1.165, 1.54) is 4.90 Å². The molecule has 1 N–H and O–H groups in total. The number of hydrogen-bond donors (Lipinski definition) is 1. The van der Waals surface area contributed by atoms with Gasteiger partial charge in [-0.3, -0.25) is 14.6 Å². The van der Waals surface area contributed by atoms with Crippen LogP contribution in [0.1, 0.15) is 45.9 Å². The first-order valence-electron chi connectivity index (χ1n) is 9.11. The molecule has 9 heteroatoms. The number of nitrogens with zero attached hydrogens (tertiary/aromatic N) is 6. The molecule has 1 aromatic heterocycles. The van der Waals surface area contributed by atoms with E-state index < -0.39 is 5.54 Å². The Morgan fingerprint density at radius 3 is 2.80 bits per heavy atom. The zero-order chi connectivity index (χ0) is 18.0. The largest absolute Gasteiger partial charge is 0.325 e. The maximum absolute atomic E-state index is 12.7. The molecule has 3 heterocycles. The molecule has 0 aromatic carbocycles. The summed E-state index contributed by atoms with van der Waals surface area (Å²) in [7, 11) is 0. The number of tetrazole rings is 1. The van der Waals surface area contributed by atoms with Crippen LogP contribution in [0.5, 0.6) is 0 Å². The molecule has 2 aliphatic heterocycles. The highest BCUT2D eigenvalue weighted by Gasteiger charge is 2.52. The summed E-state index contributed by atoms with van der Waals surface area (Å²) in [6.45, 7) is 9.35. The van der Waals surface area contributed by atoms with Crippen LogP contribution in [0.3, 0.4) is 0 Å². The predicted molar refractivity (Wildman–Crippen MR) is 90.4 cm³/mol. The number of urea groups is 1. The van der Waals surface area contributed by atoms with Crippen molar-refractivity contribution in [3.05, 3.63) is 5.82 Å². The summed E-state index contributed by atoms with van der Waals surface area (Å²) in [6.07, 6.45) is 2.90. The van der Waals surface area contributed by atoms with Crippen LogP contribution < -0.4 is 5.32 Å². The van der Waals surface area contributed by atoms with Crippen LogP contribution in [0.4, 0.5) is 4.79 Å². The Morgan fingerprint density at radius 1 is 1.32 bits per heavy atom. The average molecular weight is 349 g/mol. The molecule has 0 unspecified atom stereocenters.